The standard InChI is InChI=1S/C48H28/c1-2-12-39-38(11-1)43-16-6-15-41-37(23-24-45(39)48(41)43)36-10-3-9-30(27-36)31-17-18-33-26-34(20-19-32(33)25-31)35-21-22-40-42-13-4-7-29-8-5-14-44(47(29)42)46(40)28-35/h1-28H. The van der Waals surface area contributed by atoms with E-state index in [2.05, 4.69) is 170 Å². The van der Waals surface area contributed by atoms with Crippen molar-refractivity contribution in [2.24, 2.45) is 0 Å². The lowest BCUT2D eigenvalue weighted by atomic mass is 9.92. The molecule has 0 heteroatoms. The summed E-state index contributed by atoms with van der Waals surface area (Å²) in [7, 11) is 0. The summed E-state index contributed by atoms with van der Waals surface area (Å²) in [5.74, 6) is 0. The van der Waals surface area contributed by atoms with Gasteiger partial charge in [-0.05, 0) is 134 Å². The predicted octanol–water partition coefficient (Wildman–Crippen LogP) is 13.4. The monoisotopic (exact) mass is 604 g/mol. The van der Waals surface area contributed by atoms with E-state index in [1.54, 1.807) is 0 Å². The van der Waals surface area contributed by atoms with Crippen LogP contribution in [0.25, 0.3) is 110 Å². The van der Waals surface area contributed by atoms with Crippen LogP contribution < -0.4 is 0 Å². The minimum Gasteiger partial charge on any atom is -0.0616 e. The molecule has 0 fully saturated rings. The normalized spacial score (nSPS) is 12.2. The van der Waals surface area contributed by atoms with Crippen molar-refractivity contribution in [3.63, 3.8) is 0 Å². The molecule has 0 radical (unpaired) electrons. The Kier molecular flexibility index (Phi) is 5.20. The van der Waals surface area contributed by atoms with E-state index in [9.17, 15) is 0 Å². The minimum absolute atomic E-state index is 1.23. The molecule has 0 saturated carbocycles. The molecule has 0 unspecified atom stereocenters. The van der Waals surface area contributed by atoms with Crippen molar-refractivity contribution in [3.05, 3.63) is 170 Å². The van der Waals surface area contributed by atoms with Gasteiger partial charge in [0.1, 0.15) is 0 Å². The van der Waals surface area contributed by atoms with Crippen LogP contribution in [0.1, 0.15) is 0 Å². The first-order valence-electron chi connectivity index (χ1n) is 16.8. The Morgan fingerprint density at radius 1 is 0.208 bits per heavy atom. The number of hydrogen-bond acceptors (Lipinski definition) is 0. The van der Waals surface area contributed by atoms with Gasteiger partial charge in [0.15, 0.2) is 0 Å². The molecule has 9 aromatic carbocycles. The van der Waals surface area contributed by atoms with Crippen LogP contribution in [-0.2, 0) is 0 Å². The topological polar surface area (TPSA) is 0 Å². The molecule has 0 nitrogen and oxygen atoms in total. The highest BCUT2D eigenvalue weighted by molar-refractivity contribution is 6.19. The summed E-state index contributed by atoms with van der Waals surface area (Å²) in [6.45, 7) is 0. The fraction of sp³-hybridized carbons (Fsp3) is 0. The number of fused-ring (bicyclic) bond motifs is 7. The molecule has 2 aliphatic carbocycles. The average Bonchev–Trinajstić information content (AvgIpc) is 3.66. The van der Waals surface area contributed by atoms with Gasteiger partial charge in [0.05, 0.1) is 0 Å². The van der Waals surface area contributed by atoms with Gasteiger partial charge in [-0.25, -0.2) is 0 Å². The average molecular weight is 605 g/mol. The first-order valence-corrected chi connectivity index (χ1v) is 16.8. The summed E-state index contributed by atoms with van der Waals surface area (Å²) < 4.78 is 0. The molecule has 0 heterocycles. The highest BCUT2D eigenvalue weighted by Crippen LogP contribution is 2.50. The molecule has 0 aromatic heterocycles. The second kappa shape index (κ2) is 9.64. The molecule has 220 valence electrons. The van der Waals surface area contributed by atoms with Crippen molar-refractivity contribution in [2.75, 3.05) is 0 Å². The summed E-state index contributed by atoms with van der Waals surface area (Å²) in [5.41, 5.74) is 18.2. The summed E-state index contributed by atoms with van der Waals surface area (Å²) in [6, 6.07) is 63.2. The number of rotatable bonds is 3. The van der Waals surface area contributed by atoms with Crippen LogP contribution in [0.5, 0.6) is 0 Å². The van der Waals surface area contributed by atoms with Gasteiger partial charge < -0.3 is 0 Å². The molecular weight excluding hydrogens is 577 g/mol. The second-order valence-corrected chi connectivity index (χ2v) is 13.3. The lowest BCUT2D eigenvalue weighted by molar-refractivity contribution is 1.61. The molecule has 48 heavy (non-hydrogen) atoms. The highest BCUT2D eigenvalue weighted by atomic mass is 14.3. The van der Waals surface area contributed by atoms with Crippen molar-refractivity contribution < 1.29 is 0 Å². The Balaban J connectivity index is 0.958. The van der Waals surface area contributed by atoms with Crippen molar-refractivity contribution in [3.8, 4) is 77.9 Å². The van der Waals surface area contributed by atoms with Gasteiger partial charge in [-0.3, -0.25) is 0 Å². The van der Waals surface area contributed by atoms with Crippen LogP contribution in [0.3, 0.4) is 0 Å². The first-order chi connectivity index (χ1) is 23.8. The quantitative estimate of drug-likeness (QED) is 0.188. The zero-order valence-electron chi connectivity index (χ0n) is 26.2. The van der Waals surface area contributed by atoms with E-state index in [1.807, 2.05) is 0 Å². The Morgan fingerprint density at radius 3 is 1.44 bits per heavy atom. The Labute approximate surface area is 279 Å². The Bertz CT molecular complexity index is 2800. The largest absolute Gasteiger partial charge is 0.0616 e. The van der Waals surface area contributed by atoms with Crippen LogP contribution in [0, 0.1) is 0 Å². The van der Waals surface area contributed by atoms with Crippen LogP contribution in [0.2, 0.25) is 0 Å². The summed E-state index contributed by atoms with van der Waals surface area (Å²) >= 11 is 0. The van der Waals surface area contributed by atoms with Crippen LogP contribution in [0.4, 0.5) is 0 Å². The van der Waals surface area contributed by atoms with E-state index in [-0.39, 0.29) is 0 Å². The zero-order valence-corrected chi connectivity index (χ0v) is 26.2. The minimum atomic E-state index is 1.23. The second-order valence-electron chi connectivity index (χ2n) is 13.3. The smallest absolute Gasteiger partial charge is 0.00201 e. The molecule has 2 aliphatic rings. The van der Waals surface area contributed by atoms with Crippen molar-refractivity contribution in [1.29, 1.82) is 0 Å². The maximum atomic E-state index is 2.38. The van der Waals surface area contributed by atoms with E-state index >= 15 is 0 Å². The molecule has 9 aromatic rings. The maximum absolute atomic E-state index is 2.38. The third kappa shape index (κ3) is 3.60. The van der Waals surface area contributed by atoms with Crippen LogP contribution >= 0.6 is 0 Å². The van der Waals surface area contributed by atoms with Gasteiger partial charge in [0, 0.05) is 0 Å². The molecule has 0 saturated heterocycles. The van der Waals surface area contributed by atoms with Crippen molar-refractivity contribution in [2.45, 2.75) is 0 Å². The maximum Gasteiger partial charge on any atom is -0.00201 e. The van der Waals surface area contributed by atoms with Gasteiger partial charge in [-0.2, -0.15) is 0 Å². The van der Waals surface area contributed by atoms with Gasteiger partial charge >= 0.3 is 0 Å². The van der Waals surface area contributed by atoms with E-state index in [4.69, 9.17) is 0 Å². The van der Waals surface area contributed by atoms with E-state index in [0.29, 0.717) is 0 Å². The predicted molar refractivity (Wildman–Crippen MR) is 204 cm³/mol. The van der Waals surface area contributed by atoms with Gasteiger partial charge in [0.2, 0.25) is 0 Å². The fourth-order valence-electron chi connectivity index (χ4n) is 8.50. The molecule has 0 aliphatic heterocycles. The molecule has 0 spiro atoms. The van der Waals surface area contributed by atoms with Gasteiger partial charge in [-0.15, -0.1) is 0 Å². The molecule has 11 rings (SSSR count). The summed E-state index contributed by atoms with van der Waals surface area (Å²) in [4.78, 5) is 0. The molecule has 0 amide bonds. The third-order valence-electron chi connectivity index (χ3n) is 10.7. The van der Waals surface area contributed by atoms with Crippen molar-refractivity contribution in [1.82, 2.24) is 0 Å². The summed E-state index contributed by atoms with van der Waals surface area (Å²) in [5, 5.41) is 7.88. The fourth-order valence-corrected chi connectivity index (χ4v) is 8.50. The lowest BCUT2D eigenvalue weighted by Crippen LogP contribution is -1.86. The van der Waals surface area contributed by atoms with Crippen molar-refractivity contribution >= 4 is 32.3 Å². The lowest BCUT2D eigenvalue weighted by Gasteiger charge is -2.12. The summed E-state index contributed by atoms with van der Waals surface area (Å²) in [6.07, 6.45) is 0. The first kappa shape index (κ1) is 25.9. The van der Waals surface area contributed by atoms with E-state index in [1.165, 1.54) is 110 Å². The molecule has 0 atom stereocenters. The molecule has 0 N–H and O–H groups in total. The van der Waals surface area contributed by atoms with Crippen LogP contribution in [0.15, 0.2) is 170 Å². The third-order valence-corrected chi connectivity index (χ3v) is 10.7. The Hall–Kier alpha value is -6.24. The SMILES string of the molecule is c1cc(-c2ccc3cc(-c4ccc5c(c4)-c4cccc6cccc-5c46)ccc3c2)cc(-c2ccc3c4c(cccc24)-c2ccccc2-3)c1. The number of benzene rings is 9. The van der Waals surface area contributed by atoms with E-state index < -0.39 is 0 Å². The van der Waals surface area contributed by atoms with Crippen LogP contribution in [-0.4, -0.2) is 0 Å². The Morgan fingerprint density at radius 2 is 0.688 bits per heavy atom. The number of hydrogen-bond donors (Lipinski definition) is 0. The molecule has 0 bridgehead atoms. The highest BCUT2D eigenvalue weighted by Gasteiger charge is 2.23. The van der Waals surface area contributed by atoms with Gasteiger partial charge in [0.25, 0.3) is 0 Å². The van der Waals surface area contributed by atoms with Gasteiger partial charge in [-0.1, -0.05) is 146 Å². The van der Waals surface area contributed by atoms with E-state index in [0.717, 1.165) is 0 Å². The molecular formula is C48H28. The zero-order chi connectivity index (χ0) is 31.3.